The van der Waals surface area contributed by atoms with Gasteiger partial charge in [-0.05, 0) is 17.2 Å². The van der Waals surface area contributed by atoms with Gasteiger partial charge in [0.15, 0.2) is 0 Å². The Morgan fingerprint density at radius 3 is 2.48 bits per heavy atom. The molecule has 0 aliphatic carbocycles. The van der Waals surface area contributed by atoms with Crippen LogP contribution in [0.4, 0.5) is 4.39 Å². The number of hydrogen-bond donors (Lipinski definition) is 2. The van der Waals surface area contributed by atoms with Crippen molar-refractivity contribution < 1.29 is 14.3 Å². The number of carbonyl (C=O) groups is 1. The van der Waals surface area contributed by atoms with Crippen LogP contribution in [0.15, 0.2) is 54.6 Å². The fourth-order valence-electron chi connectivity index (χ4n) is 2.07. The van der Waals surface area contributed by atoms with E-state index in [0.29, 0.717) is 12.0 Å². The number of halogens is 1. The van der Waals surface area contributed by atoms with Gasteiger partial charge in [0.1, 0.15) is 5.82 Å². The summed E-state index contributed by atoms with van der Waals surface area (Å²) in [6.07, 6.45) is -0.206. The molecule has 2 aromatic rings. The van der Waals surface area contributed by atoms with Gasteiger partial charge in [-0.3, -0.25) is 4.79 Å². The molecule has 0 aromatic heterocycles. The van der Waals surface area contributed by atoms with Crippen LogP contribution in [0.2, 0.25) is 0 Å². The summed E-state index contributed by atoms with van der Waals surface area (Å²) in [5.41, 5.74) is 1.36. The minimum absolute atomic E-state index is 0.0231. The van der Waals surface area contributed by atoms with Crippen molar-refractivity contribution in [3.05, 3.63) is 71.5 Å². The first-order chi connectivity index (χ1) is 10.1. The summed E-state index contributed by atoms with van der Waals surface area (Å²) < 4.78 is 13.4. The molecule has 21 heavy (non-hydrogen) atoms. The second-order valence-electron chi connectivity index (χ2n) is 4.92. The van der Waals surface area contributed by atoms with Crippen LogP contribution in [-0.2, 0) is 17.6 Å². The summed E-state index contributed by atoms with van der Waals surface area (Å²) in [5.74, 6) is -0.690. The number of nitrogens with one attached hydrogen (secondary N) is 1. The molecule has 2 rings (SSSR count). The molecule has 1 unspecified atom stereocenters. The van der Waals surface area contributed by atoms with E-state index in [-0.39, 0.29) is 18.9 Å². The van der Waals surface area contributed by atoms with E-state index in [2.05, 4.69) is 5.32 Å². The summed E-state index contributed by atoms with van der Waals surface area (Å²) in [6, 6.07) is 15.7. The van der Waals surface area contributed by atoms with Crippen molar-refractivity contribution >= 4 is 5.91 Å². The molecular formula is C17H18FNO2. The Balaban J connectivity index is 1.77. The molecule has 0 fully saturated rings. The molecule has 0 spiro atoms. The Morgan fingerprint density at radius 1 is 1.10 bits per heavy atom. The lowest BCUT2D eigenvalue weighted by Crippen LogP contribution is -2.34. The number of carbonyl (C=O) groups excluding carboxylic acids is 1. The molecular weight excluding hydrogens is 269 g/mol. The molecule has 0 radical (unpaired) electrons. The molecule has 0 aliphatic rings. The summed E-state index contributed by atoms with van der Waals surface area (Å²) in [4.78, 5) is 11.7. The Hall–Kier alpha value is -2.20. The highest BCUT2D eigenvalue weighted by atomic mass is 19.1. The van der Waals surface area contributed by atoms with E-state index in [9.17, 15) is 14.3 Å². The number of aliphatic hydroxyl groups is 1. The third-order valence-electron chi connectivity index (χ3n) is 3.16. The van der Waals surface area contributed by atoms with E-state index < -0.39 is 11.9 Å². The fourth-order valence-corrected chi connectivity index (χ4v) is 2.07. The molecule has 1 atom stereocenters. The average molecular weight is 287 g/mol. The minimum atomic E-state index is -0.656. The average Bonchev–Trinajstić information content (AvgIpc) is 2.49. The largest absolute Gasteiger partial charge is 0.391 e. The lowest BCUT2D eigenvalue weighted by Gasteiger charge is -2.12. The maximum Gasteiger partial charge on any atom is 0.224 e. The second kappa shape index (κ2) is 7.55. The van der Waals surface area contributed by atoms with E-state index >= 15 is 0 Å². The first-order valence-corrected chi connectivity index (χ1v) is 6.87. The molecule has 110 valence electrons. The van der Waals surface area contributed by atoms with Gasteiger partial charge in [-0.1, -0.05) is 48.5 Å². The van der Waals surface area contributed by atoms with Gasteiger partial charge >= 0.3 is 0 Å². The zero-order valence-corrected chi connectivity index (χ0v) is 11.6. The highest BCUT2D eigenvalue weighted by molar-refractivity contribution is 5.78. The molecule has 0 heterocycles. The normalized spacial score (nSPS) is 11.9. The smallest absolute Gasteiger partial charge is 0.224 e. The van der Waals surface area contributed by atoms with Crippen LogP contribution in [0.1, 0.15) is 11.1 Å². The van der Waals surface area contributed by atoms with Crippen LogP contribution in [0.5, 0.6) is 0 Å². The molecule has 0 saturated carbocycles. The van der Waals surface area contributed by atoms with Crippen molar-refractivity contribution in [2.24, 2.45) is 0 Å². The lowest BCUT2D eigenvalue weighted by molar-refractivity contribution is -0.120. The Morgan fingerprint density at radius 2 is 1.76 bits per heavy atom. The van der Waals surface area contributed by atoms with Gasteiger partial charge in [-0.15, -0.1) is 0 Å². The third kappa shape index (κ3) is 5.00. The molecule has 0 bridgehead atoms. The first-order valence-electron chi connectivity index (χ1n) is 6.87. The van der Waals surface area contributed by atoms with Crippen molar-refractivity contribution in [1.82, 2.24) is 5.32 Å². The number of aliphatic hydroxyl groups excluding tert-OH is 1. The minimum Gasteiger partial charge on any atom is -0.391 e. The predicted octanol–water partition coefficient (Wildman–Crippen LogP) is 2.09. The number of amides is 1. The molecule has 2 aromatic carbocycles. The van der Waals surface area contributed by atoms with Crippen molar-refractivity contribution in [1.29, 1.82) is 0 Å². The van der Waals surface area contributed by atoms with Crippen LogP contribution < -0.4 is 5.32 Å². The van der Waals surface area contributed by atoms with Crippen molar-refractivity contribution in [3.63, 3.8) is 0 Å². The zero-order chi connectivity index (χ0) is 15.1. The first kappa shape index (κ1) is 15.2. The highest BCUT2D eigenvalue weighted by Gasteiger charge is 2.10. The van der Waals surface area contributed by atoms with Gasteiger partial charge in [0, 0.05) is 13.0 Å². The van der Waals surface area contributed by atoms with Crippen molar-refractivity contribution in [2.75, 3.05) is 6.54 Å². The Kier molecular flexibility index (Phi) is 5.46. The molecule has 0 aliphatic heterocycles. The zero-order valence-electron chi connectivity index (χ0n) is 11.6. The van der Waals surface area contributed by atoms with Crippen LogP contribution >= 0.6 is 0 Å². The van der Waals surface area contributed by atoms with Gasteiger partial charge in [0.05, 0.1) is 12.5 Å². The molecule has 1 amide bonds. The van der Waals surface area contributed by atoms with Gasteiger partial charge in [-0.2, -0.15) is 0 Å². The van der Waals surface area contributed by atoms with Crippen molar-refractivity contribution in [2.45, 2.75) is 18.9 Å². The van der Waals surface area contributed by atoms with Crippen molar-refractivity contribution in [3.8, 4) is 0 Å². The van der Waals surface area contributed by atoms with E-state index in [1.165, 1.54) is 6.07 Å². The standard InChI is InChI=1S/C17H18FNO2/c18-16-9-5-4-8-14(16)11-17(21)19-12-15(20)10-13-6-2-1-3-7-13/h1-9,15,20H,10-12H2,(H,19,21). The Labute approximate surface area is 123 Å². The lowest BCUT2D eigenvalue weighted by atomic mass is 10.1. The highest BCUT2D eigenvalue weighted by Crippen LogP contribution is 2.07. The Bertz CT molecular complexity index is 586. The van der Waals surface area contributed by atoms with Gasteiger partial charge in [0.25, 0.3) is 0 Å². The van der Waals surface area contributed by atoms with Crippen LogP contribution in [0.25, 0.3) is 0 Å². The number of rotatable bonds is 6. The SMILES string of the molecule is O=C(Cc1ccccc1F)NCC(O)Cc1ccccc1. The van der Waals surface area contributed by atoms with Crippen LogP contribution in [-0.4, -0.2) is 23.7 Å². The summed E-state index contributed by atoms with van der Waals surface area (Å²) in [5, 5.41) is 12.5. The number of benzene rings is 2. The monoisotopic (exact) mass is 287 g/mol. The van der Waals surface area contributed by atoms with Crippen LogP contribution in [0, 0.1) is 5.82 Å². The molecule has 0 saturated heterocycles. The predicted molar refractivity (Wildman–Crippen MR) is 79.3 cm³/mol. The fraction of sp³-hybridized carbons (Fsp3) is 0.235. The van der Waals surface area contributed by atoms with Crippen LogP contribution in [0.3, 0.4) is 0 Å². The van der Waals surface area contributed by atoms with E-state index in [0.717, 1.165) is 5.56 Å². The second-order valence-corrected chi connectivity index (χ2v) is 4.92. The quantitative estimate of drug-likeness (QED) is 0.854. The number of hydrogen-bond acceptors (Lipinski definition) is 2. The van der Waals surface area contributed by atoms with Gasteiger partial charge in [-0.25, -0.2) is 4.39 Å². The topological polar surface area (TPSA) is 49.3 Å². The summed E-state index contributed by atoms with van der Waals surface area (Å²) in [7, 11) is 0. The third-order valence-corrected chi connectivity index (χ3v) is 3.16. The van der Waals surface area contributed by atoms with Gasteiger partial charge < -0.3 is 10.4 Å². The van der Waals surface area contributed by atoms with E-state index in [1.807, 2.05) is 30.3 Å². The molecule has 2 N–H and O–H groups in total. The summed E-state index contributed by atoms with van der Waals surface area (Å²) >= 11 is 0. The maximum atomic E-state index is 13.4. The molecule has 4 heteroatoms. The maximum absolute atomic E-state index is 13.4. The van der Waals surface area contributed by atoms with E-state index in [1.54, 1.807) is 18.2 Å². The summed E-state index contributed by atoms with van der Waals surface area (Å²) in [6.45, 7) is 0.155. The van der Waals surface area contributed by atoms with Gasteiger partial charge in [0.2, 0.25) is 5.91 Å². The molecule has 3 nitrogen and oxygen atoms in total. The van der Waals surface area contributed by atoms with E-state index in [4.69, 9.17) is 0 Å².